The second kappa shape index (κ2) is 19.5. The lowest BCUT2D eigenvalue weighted by molar-refractivity contribution is -0.145. The molecule has 65 heavy (non-hydrogen) atoms. The average Bonchev–Trinajstić information content (AvgIpc) is 3.68. The number of likely N-dealkylation sites (N-methyl/N-ethyl adjacent to an activating group) is 1. The van der Waals surface area contributed by atoms with Crippen LogP contribution in [0.3, 0.4) is 0 Å². The Morgan fingerprint density at radius 3 is 2.57 bits per heavy atom. The second-order valence-electron chi connectivity index (χ2n) is 15.8. The van der Waals surface area contributed by atoms with E-state index in [1.54, 1.807) is 37.6 Å². The molecular formula is C48H45ClFN5O8S2. The van der Waals surface area contributed by atoms with E-state index < -0.39 is 33.8 Å². The molecule has 4 bridgehead atoms. The molecule has 0 radical (unpaired) electrons. The lowest BCUT2D eigenvalue weighted by Gasteiger charge is -2.26. The number of sulfone groups is 1. The first-order chi connectivity index (χ1) is 31.2. The number of aromatic nitrogens is 4. The Morgan fingerprint density at radius 2 is 1.80 bits per heavy atom. The van der Waals surface area contributed by atoms with Crippen LogP contribution < -0.4 is 18.9 Å². The van der Waals surface area contributed by atoms with Gasteiger partial charge in [-0.05, 0) is 97.1 Å². The first-order valence-corrected chi connectivity index (χ1v) is 23.9. The van der Waals surface area contributed by atoms with Crippen molar-refractivity contribution >= 4 is 49.0 Å². The van der Waals surface area contributed by atoms with Gasteiger partial charge in [0.2, 0.25) is 12.0 Å². The summed E-state index contributed by atoms with van der Waals surface area (Å²) in [7, 11) is 0.212. The maximum absolute atomic E-state index is 14.3. The summed E-state index contributed by atoms with van der Waals surface area (Å²) in [5.41, 5.74) is 5.42. The van der Waals surface area contributed by atoms with E-state index in [4.69, 9.17) is 35.5 Å². The predicted octanol–water partition coefficient (Wildman–Crippen LogP) is 8.92. The van der Waals surface area contributed by atoms with Gasteiger partial charge in [-0.1, -0.05) is 54.1 Å². The summed E-state index contributed by atoms with van der Waals surface area (Å²) in [6.07, 6.45) is 3.18. The van der Waals surface area contributed by atoms with Gasteiger partial charge in [-0.2, -0.15) is 0 Å². The van der Waals surface area contributed by atoms with Gasteiger partial charge in [0.15, 0.2) is 5.82 Å². The van der Waals surface area contributed by atoms with Crippen molar-refractivity contribution < 1.29 is 41.7 Å². The van der Waals surface area contributed by atoms with Crippen LogP contribution in [0.4, 0.5) is 4.39 Å². The van der Waals surface area contributed by atoms with E-state index >= 15 is 0 Å². The molecule has 13 nitrogen and oxygen atoms in total. The van der Waals surface area contributed by atoms with E-state index in [0.717, 1.165) is 10.4 Å². The molecule has 5 heterocycles. The third kappa shape index (κ3) is 10.5. The zero-order valence-electron chi connectivity index (χ0n) is 36.0. The first-order valence-electron chi connectivity index (χ1n) is 20.7. The molecule has 0 amide bonds. The molecule has 1 N–H and O–H groups in total. The number of hydrogen-bond acceptors (Lipinski definition) is 13. The fourth-order valence-corrected chi connectivity index (χ4v) is 9.73. The lowest BCUT2D eigenvalue weighted by atomic mass is 9.96. The average molecular weight is 938 g/mol. The first kappa shape index (κ1) is 45.4. The summed E-state index contributed by atoms with van der Waals surface area (Å²) < 4.78 is 63.6. The molecule has 0 aliphatic carbocycles. The van der Waals surface area contributed by atoms with E-state index in [1.807, 2.05) is 67.4 Å². The lowest BCUT2D eigenvalue weighted by Crippen LogP contribution is -2.36. The molecule has 7 aromatic rings. The number of thiophene rings is 1. The second-order valence-corrected chi connectivity index (χ2v) is 19.5. The molecule has 4 aromatic carbocycles. The maximum Gasteiger partial charge on any atom is 0.345 e. The van der Waals surface area contributed by atoms with Gasteiger partial charge in [-0.15, -0.1) is 11.3 Å². The van der Waals surface area contributed by atoms with Crippen LogP contribution >= 0.6 is 22.9 Å². The smallest absolute Gasteiger partial charge is 0.345 e. The Morgan fingerprint density at radius 1 is 1.00 bits per heavy atom. The number of halogens is 2. The molecule has 9 rings (SSSR count). The standard InChI is InChI=1S/C48H45ClFN5O8S2/c1-28-35-16-18-39(43(28)49)62-34(25-55(2)21-22-65(4,58)59)15-9-29-10-17-37(61-26-33-19-20-51-45(54-33)36-7-5-6-8-38(36)60-3)31(23-29)24-40(48(56)57)63-46-42-41(35)44(64-47(42)53-27-52-46)30-11-13-32(50)14-12-30/h5-8,10-14,16-20,23,27,34,40H,9,15,21-22,24-26H2,1-4H3,(H,56,57)/t34-,40+/m0/s1. The molecule has 0 saturated heterocycles. The topological polar surface area (TPSA) is 163 Å². The molecule has 2 aliphatic heterocycles. The van der Waals surface area contributed by atoms with Crippen LogP contribution in [0.5, 0.6) is 23.1 Å². The molecule has 0 saturated carbocycles. The number of hydrogen-bond donors (Lipinski definition) is 1. The van der Waals surface area contributed by atoms with Crippen molar-refractivity contribution in [2.75, 3.05) is 39.3 Å². The molecule has 0 unspecified atom stereocenters. The molecule has 17 heteroatoms. The zero-order valence-corrected chi connectivity index (χ0v) is 38.3. The minimum atomic E-state index is -3.22. The molecule has 0 spiro atoms. The van der Waals surface area contributed by atoms with Gasteiger partial charge in [0.1, 0.15) is 56.8 Å². The van der Waals surface area contributed by atoms with Gasteiger partial charge in [0, 0.05) is 42.4 Å². The van der Waals surface area contributed by atoms with Crippen molar-refractivity contribution in [1.82, 2.24) is 24.8 Å². The quantitative estimate of drug-likeness (QED) is 0.124. The Labute approximate surface area is 384 Å². The van der Waals surface area contributed by atoms with Crippen LogP contribution in [0.2, 0.25) is 5.02 Å². The van der Waals surface area contributed by atoms with Gasteiger partial charge in [-0.3, -0.25) is 0 Å². The van der Waals surface area contributed by atoms with Crippen molar-refractivity contribution in [2.24, 2.45) is 0 Å². The van der Waals surface area contributed by atoms with E-state index in [0.29, 0.717) is 103 Å². The minimum Gasteiger partial charge on any atom is -0.496 e. The number of carboxylic acids is 1. The van der Waals surface area contributed by atoms with Crippen LogP contribution in [0.25, 0.3) is 43.2 Å². The van der Waals surface area contributed by atoms with Crippen LogP contribution in [-0.4, -0.2) is 95.8 Å². The van der Waals surface area contributed by atoms with Crippen LogP contribution in [0, 0.1) is 12.7 Å². The summed E-state index contributed by atoms with van der Waals surface area (Å²) >= 11 is 8.52. The Hall–Kier alpha value is -6.20. The molecular weight excluding hydrogens is 893 g/mol. The molecule has 2 atom stereocenters. The van der Waals surface area contributed by atoms with E-state index in [1.165, 1.54) is 36.1 Å². The van der Waals surface area contributed by atoms with Crippen molar-refractivity contribution in [2.45, 2.75) is 45.0 Å². The predicted molar refractivity (Wildman–Crippen MR) is 248 cm³/mol. The SMILES string of the molecule is COc1ccccc1-c1nccc(COc2ccc3cc2C[C@H](C(=O)O)Oc2ncnc4sc(-c5ccc(F)cc5)c(c24)-c2ccc(c(Cl)c2C)O[C@H](CN(C)CCS(C)(=O)=O)CC3)n1. The summed E-state index contributed by atoms with van der Waals surface area (Å²) in [4.78, 5) is 34.7. The van der Waals surface area contributed by atoms with E-state index in [9.17, 15) is 22.7 Å². The summed E-state index contributed by atoms with van der Waals surface area (Å²) in [5.74, 6) is 0.334. The molecule has 3 aromatic heterocycles. The number of ether oxygens (including phenoxy) is 4. The summed E-state index contributed by atoms with van der Waals surface area (Å²) in [6, 6.07) is 24.6. The molecule has 336 valence electrons. The number of methoxy groups -OCH3 is 1. The number of nitrogens with zero attached hydrogens (tertiary/aromatic N) is 5. The van der Waals surface area contributed by atoms with Gasteiger partial charge in [-0.25, -0.2) is 37.5 Å². The number of carbonyl (C=O) groups is 1. The van der Waals surface area contributed by atoms with E-state index in [-0.39, 0.29) is 24.7 Å². The van der Waals surface area contributed by atoms with Gasteiger partial charge in [0.25, 0.3) is 0 Å². The van der Waals surface area contributed by atoms with Gasteiger partial charge < -0.3 is 29.0 Å². The summed E-state index contributed by atoms with van der Waals surface area (Å²) in [6.45, 7) is 2.59. The van der Waals surface area contributed by atoms with Crippen molar-refractivity contribution in [1.29, 1.82) is 0 Å². The van der Waals surface area contributed by atoms with Crippen LogP contribution in [0.1, 0.15) is 28.8 Å². The fourth-order valence-electron chi connectivity index (χ4n) is 7.72. The number of rotatable bonds is 12. The third-order valence-corrected chi connectivity index (χ3v) is 13.6. The largest absolute Gasteiger partial charge is 0.496 e. The highest BCUT2D eigenvalue weighted by Gasteiger charge is 2.29. The van der Waals surface area contributed by atoms with Crippen molar-refractivity contribution in [3.8, 4) is 56.1 Å². The van der Waals surface area contributed by atoms with Gasteiger partial charge in [0.05, 0.1) is 34.5 Å². The fraction of sp³-hybridized carbons (Fsp3) is 0.271. The molecule has 0 fully saturated rings. The number of aliphatic carboxylic acids is 1. The maximum atomic E-state index is 14.3. The van der Waals surface area contributed by atoms with E-state index in [2.05, 4.69) is 15.0 Å². The number of para-hydroxylation sites is 1. The van der Waals surface area contributed by atoms with Crippen molar-refractivity contribution in [3.63, 3.8) is 0 Å². The van der Waals surface area contributed by atoms with Crippen molar-refractivity contribution in [3.05, 3.63) is 131 Å². The Bertz CT molecular complexity index is 2990. The summed E-state index contributed by atoms with van der Waals surface area (Å²) in [5, 5.41) is 11.6. The van der Waals surface area contributed by atoms with Gasteiger partial charge >= 0.3 is 5.97 Å². The minimum absolute atomic E-state index is 0.0180. The normalized spacial score (nSPS) is 15.3. The number of carboxylic acid groups (broad SMARTS) is 1. The van der Waals surface area contributed by atoms with Crippen LogP contribution in [0.15, 0.2) is 97.5 Å². The zero-order chi connectivity index (χ0) is 45.8. The highest BCUT2D eigenvalue weighted by Crippen LogP contribution is 2.49. The number of aryl methyl sites for hydroxylation is 1. The molecule has 2 aliphatic rings. The number of fused-ring (bicyclic) bond motifs is 7. The highest BCUT2D eigenvalue weighted by atomic mass is 35.5. The third-order valence-electron chi connectivity index (χ3n) is 11.1. The monoisotopic (exact) mass is 937 g/mol. The number of benzene rings is 4. The Balaban J connectivity index is 1.22. The van der Waals surface area contributed by atoms with Crippen LogP contribution in [-0.2, 0) is 34.1 Å². The Kier molecular flexibility index (Phi) is 13.6. The highest BCUT2D eigenvalue weighted by molar-refractivity contribution is 7.90.